The number of amidine groups is 1. The van der Waals surface area contributed by atoms with Gasteiger partial charge in [0.1, 0.15) is 12.3 Å². The summed E-state index contributed by atoms with van der Waals surface area (Å²) in [5.41, 5.74) is 11.2. The number of pyridine rings is 1. The van der Waals surface area contributed by atoms with Crippen LogP contribution in [0, 0.1) is 5.82 Å². The molecule has 0 saturated carbocycles. The number of ether oxygens (including phenoxy) is 1. The van der Waals surface area contributed by atoms with Crippen molar-refractivity contribution in [2.24, 2.45) is 10.9 Å². The lowest BCUT2D eigenvalue weighted by Gasteiger charge is -2.29. The number of halogens is 1. The van der Waals surface area contributed by atoms with E-state index in [1.165, 1.54) is 6.20 Å². The summed E-state index contributed by atoms with van der Waals surface area (Å²) in [6.45, 7) is 3.30. The second-order valence-electron chi connectivity index (χ2n) is 7.16. The Balaban J connectivity index is 1.80. The van der Waals surface area contributed by atoms with Gasteiger partial charge < -0.3 is 35.9 Å². The van der Waals surface area contributed by atoms with Crippen molar-refractivity contribution in [3.63, 3.8) is 0 Å². The summed E-state index contributed by atoms with van der Waals surface area (Å²) in [7, 11) is 0. The molecule has 2 aromatic heterocycles. The minimum Gasteiger partial charge on any atom is -0.487 e. The molecule has 1 aliphatic heterocycles. The van der Waals surface area contributed by atoms with E-state index >= 15 is 4.39 Å². The average molecular weight is 415 g/mol. The van der Waals surface area contributed by atoms with Crippen LogP contribution in [0.2, 0.25) is 0 Å². The van der Waals surface area contributed by atoms with Crippen molar-refractivity contribution >= 4 is 28.1 Å². The van der Waals surface area contributed by atoms with Crippen LogP contribution in [0.3, 0.4) is 0 Å². The Hall–Kier alpha value is -3.76. The Morgan fingerprint density at radius 2 is 2.33 bits per heavy atom. The van der Waals surface area contributed by atoms with Crippen LogP contribution < -0.4 is 26.9 Å². The maximum Gasteiger partial charge on any atom is 0.202 e. The van der Waals surface area contributed by atoms with E-state index < -0.39 is 11.2 Å². The second kappa shape index (κ2) is 7.58. The Labute approximate surface area is 170 Å². The second-order valence-corrected chi connectivity index (χ2v) is 7.16. The third-order valence-electron chi connectivity index (χ3n) is 5.18. The van der Waals surface area contributed by atoms with Crippen LogP contribution in [0.4, 0.5) is 15.8 Å². The SMILES string of the molecule is C[C@H]1COc2c(NCCCn3ccnc3)c(F)c(N)c3c(=O)c(C(N)=NO)cn1c23. The molecule has 0 spiro atoms. The summed E-state index contributed by atoms with van der Waals surface area (Å²) in [5, 5.41) is 14.9. The van der Waals surface area contributed by atoms with Gasteiger partial charge in [-0.2, -0.15) is 0 Å². The fourth-order valence-electron chi connectivity index (χ4n) is 3.64. The Morgan fingerprint density at radius 1 is 1.53 bits per heavy atom. The van der Waals surface area contributed by atoms with Crippen LogP contribution in [0.1, 0.15) is 24.9 Å². The van der Waals surface area contributed by atoms with Crippen LogP contribution in [0.5, 0.6) is 5.75 Å². The summed E-state index contributed by atoms with van der Waals surface area (Å²) in [4.78, 5) is 16.9. The fourth-order valence-corrected chi connectivity index (χ4v) is 3.64. The van der Waals surface area contributed by atoms with Crippen LogP contribution in [-0.4, -0.2) is 38.3 Å². The molecule has 4 rings (SSSR count). The number of hydrogen-bond donors (Lipinski definition) is 4. The minimum atomic E-state index is -0.769. The molecule has 10 nitrogen and oxygen atoms in total. The van der Waals surface area contributed by atoms with E-state index in [1.54, 1.807) is 17.1 Å². The van der Waals surface area contributed by atoms with Crippen molar-refractivity contribution in [2.75, 3.05) is 24.2 Å². The number of benzene rings is 1. The first kappa shape index (κ1) is 19.6. The topological polar surface area (TPSA) is 146 Å². The summed E-state index contributed by atoms with van der Waals surface area (Å²) in [5.74, 6) is -0.914. The first-order chi connectivity index (χ1) is 14.4. The van der Waals surface area contributed by atoms with E-state index in [0.717, 1.165) is 0 Å². The number of nitrogens with one attached hydrogen (secondary N) is 1. The number of nitrogens with two attached hydrogens (primary N) is 2. The van der Waals surface area contributed by atoms with Gasteiger partial charge in [-0.1, -0.05) is 5.16 Å². The number of hydrogen-bond acceptors (Lipinski definition) is 7. The highest BCUT2D eigenvalue weighted by atomic mass is 19.1. The number of aromatic nitrogens is 3. The largest absolute Gasteiger partial charge is 0.487 e. The van der Waals surface area contributed by atoms with Crippen LogP contribution in [0.15, 0.2) is 34.9 Å². The number of nitrogen functional groups attached to an aromatic ring is 1. The lowest BCUT2D eigenvalue weighted by molar-refractivity contribution is 0.247. The van der Waals surface area contributed by atoms with Gasteiger partial charge in [0.15, 0.2) is 17.4 Å². The van der Waals surface area contributed by atoms with Gasteiger partial charge in [-0.25, -0.2) is 9.37 Å². The van der Waals surface area contributed by atoms with Crippen molar-refractivity contribution < 1.29 is 14.3 Å². The van der Waals surface area contributed by atoms with Crippen molar-refractivity contribution in [2.45, 2.75) is 25.9 Å². The minimum absolute atomic E-state index is 0.0536. The molecule has 1 aromatic carbocycles. The quantitative estimate of drug-likeness (QED) is 0.119. The highest BCUT2D eigenvalue weighted by Crippen LogP contribution is 2.43. The number of imidazole rings is 1. The monoisotopic (exact) mass is 415 g/mol. The molecule has 0 saturated heterocycles. The number of rotatable bonds is 6. The van der Waals surface area contributed by atoms with E-state index in [9.17, 15) is 4.79 Å². The summed E-state index contributed by atoms with van der Waals surface area (Å²) >= 11 is 0. The summed E-state index contributed by atoms with van der Waals surface area (Å²) in [6, 6.07) is -0.176. The van der Waals surface area contributed by atoms with Gasteiger partial charge >= 0.3 is 0 Å². The van der Waals surface area contributed by atoms with E-state index in [1.807, 2.05) is 17.7 Å². The third kappa shape index (κ3) is 3.08. The number of aryl methyl sites for hydroxylation is 1. The van der Waals surface area contributed by atoms with Crippen LogP contribution >= 0.6 is 0 Å². The number of anilines is 2. The number of oxime groups is 1. The Kier molecular flexibility index (Phi) is 4.94. The van der Waals surface area contributed by atoms with E-state index in [-0.39, 0.29) is 46.6 Å². The molecule has 0 unspecified atom stereocenters. The number of nitrogens with zero attached hydrogens (tertiary/aromatic N) is 4. The summed E-state index contributed by atoms with van der Waals surface area (Å²) in [6.07, 6.45) is 7.44. The maximum absolute atomic E-state index is 15.2. The Morgan fingerprint density at radius 3 is 3.03 bits per heavy atom. The van der Waals surface area contributed by atoms with Gasteiger partial charge in [-0.05, 0) is 13.3 Å². The molecule has 30 heavy (non-hydrogen) atoms. The van der Waals surface area contributed by atoms with Crippen molar-refractivity contribution in [1.82, 2.24) is 14.1 Å². The first-order valence-electron chi connectivity index (χ1n) is 9.44. The molecule has 3 aromatic rings. The van der Waals surface area contributed by atoms with E-state index in [2.05, 4.69) is 15.5 Å². The van der Waals surface area contributed by atoms with Gasteiger partial charge in [0.25, 0.3) is 0 Å². The lowest BCUT2D eigenvalue weighted by atomic mass is 10.0. The van der Waals surface area contributed by atoms with E-state index in [0.29, 0.717) is 25.0 Å². The molecule has 1 aliphatic rings. The van der Waals surface area contributed by atoms with E-state index in [4.69, 9.17) is 21.4 Å². The average Bonchev–Trinajstić information content (AvgIpc) is 3.26. The summed E-state index contributed by atoms with van der Waals surface area (Å²) < 4.78 is 24.7. The molecule has 0 aliphatic carbocycles. The highest BCUT2D eigenvalue weighted by Gasteiger charge is 2.29. The van der Waals surface area contributed by atoms with Gasteiger partial charge in [0.2, 0.25) is 5.43 Å². The molecule has 6 N–H and O–H groups in total. The normalized spacial score (nSPS) is 15.9. The zero-order valence-electron chi connectivity index (χ0n) is 16.3. The molecular weight excluding hydrogens is 393 g/mol. The molecule has 0 amide bonds. The fraction of sp³-hybridized carbons (Fsp3) is 0.316. The maximum atomic E-state index is 15.2. The predicted molar refractivity (Wildman–Crippen MR) is 111 cm³/mol. The van der Waals surface area contributed by atoms with Crippen molar-refractivity contribution in [3.05, 3.63) is 46.5 Å². The zero-order chi connectivity index (χ0) is 21.4. The third-order valence-corrected chi connectivity index (χ3v) is 5.18. The van der Waals surface area contributed by atoms with Crippen LogP contribution in [0.25, 0.3) is 10.9 Å². The standard InChI is InChI=1S/C19H22FN7O3/c1-10-8-30-18-15(24-3-2-5-26-6-4-23-9-26)13(20)14(21)12-16(18)27(10)7-11(17(12)28)19(22)25-29/h4,6-7,9-10,24,29H,2-3,5,8,21H2,1H3,(H2,22,25)/t10-/m0/s1. The molecular formula is C19H22FN7O3. The van der Waals surface area contributed by atoms with Crippen molar-refractivity contribution in [1.29, 1.82) is 0 Å². The van der Waals surface area contributed by atoms with Gasteiger partial charge in [-0.15, -0.1) is 0 Å². The van der Waals surface area contributed by atoms with Crippen molar-refractivity contribution in [3.8, 4) is 5.75 Å². The van der Waals surface area contributed by atoms with Gasteiger partial charge in [0, 0.05) is 31.7 Å². The first-order valence-corrected chi connectivity index (χ1v) is 9.44. The molecule has 158 valence electrons. The highest BCUT2D eigenvalue weighted by molar-refractivity contribution is 6.05. The lowest BCUT2D eigenvalue weighted by Crippen LogP contribution is -2.30. The molecule has 0 fully saturated rings. The van der Waals surface area contributed by atoms with Gasteiger partial charge in [0.05, 0.1) is 34.5 Å². The predicted octanol–water partition coefficient (Wildman–Crippen LogP) is 1.47. The van der Waals surface area contributed by atoms with Gasteiger partial charge in [-0.3, -0.25) is 4.79 Å². The zero-order valence-corrected chi connectivity index (χ0v) is 16.3. The van der Waals surface area contributed by atoms with Crippen LogP contribution in [-0.2, 0) is 6.54 Å². The smallest absolute Gasteiger partial charge is 0.202 e. The molecule has 1 atom stereocenters. The molecule has 3 heterocycles. The molecule has 11 heteroatoms. The molecule has 0 radical (unpaired) electrons. The molecule has 0 bridgehead atoms. The Bertz CT molecular complexity index is 1190.